The summed E-state index contributed by atoms with van der Waals surface area (Å²) in [5.74, 6) is 0.896. The molecule has 13 nitrogen and oxygen atoms in total. The molecule has 3 rings (SSSR count). The van der Waals surface area contributed by atoms with E-state index in [0.29, 0.717) is 43.5 Å². The van der Waals surface area contributed by atoms with Crippen LogP contribution in [0.25, 0.3) is 11.0 Å². The molecule has 1 aliphatic rings. The fraction of sp³-hybridized carbons (Fsp3) is 0.750. The van der Waals surface area contributed by atoms with Crippen molar-refractivity contribution in [3.05, 3.63) is 0 Å². The van der Waals surface area contributed by atoms with E-state index in [1.165, 1.54) is 0 Å². The molecule has 2 atom stereocenters. The number of rotatable bonds is 14. The van der Waals surface area contributed by atoms with E-state index >= 15 is 0 Å². The Morgan fingerprint density at radius 3 is 1.89 bits per heavy atom. The van der Waals surface area contributed by atoms with Crippen molar-refractivity contribution >= 4 is 28.7 Å². The van der Waals surface area contributed by atoms with Gasteiger partial charge >= 0.3 is 0 Å². The lowest BCUT2D eigenvalue weighted by molar-refractivity contribution is 0.0818. The average Bonchev–Trinajstić information content (AvgIpc) is 2.91. The highest BCUT2D eigenvalue weighted by Crippen LogP contribution is 2.33. The summed E-state index contributed by atoms with van der Waals surface area (Å²) >= 11 is 0. The minimum absolute atomic E-state index is 0.0954. The van der Waals surface area contributed by atoms with Crippen molar-refractivity contribution in [2.75, 3.05) is 88.5 Å². The number of methoxy groups -OCH3 is 3. The normalized spacial score (nSPS) is 16.2. The smallest absolute Gasteiger partial charge is 0.243 e. The zero-order valence-electron chi connectivity index (χ0n) is 22.5. The molecule has 3 N–H and O–H groups in total. The number of aromatic hydroxyl groups is 1. The van der Waals surface area contributed by atoms with Crippen molar-refractivity contribution in [2.24, 2.45) is 0 Å². The fourth-order valence-corrected chi connectivity index (χ4v) is 4.33. The Morgan fingerprint density at radius 1 is 0.838 bits per heavy atom. The summed E-state index contributed by atoms with van der Waals surface area (Å²) < 4.78 is 16.6. The molecule has 37 heavy (non-hydrogen) atoms. The van der Waals surface area contributed by atoms with Crippen molar-refractivity contribution in [1.82, 2.24) is 19.9 Å². The van der Waals surface area contributed by atoms with Crippen LogP contribution in [0.3, 0.4) is 0 Å². The molecule has 2 aromatic rings. The van der Waals surface area contributed by atoms with Gasteiger partial charge in [0.1, 0.15) is 5.52 Å². The topological polar surface area (TPSA) is 150 Å². The third-order valence-electron chi connectivity index (χ3n) is 6.62. The first-order valence-electron chi connectivity index (χ1n) is 12.7. The zero-order valence-corrected chi connectivity index (χ0v) is 22.5. The largest absolute Gasteiger partial charge is 0.492 e. The monoisotopic (exact) mass is 523 g/mol. The first kappa shape index (κ1) is 29.0. The van der Waals surface area contributed by atoms with Gasteiger partial charge in [-0.25, -0.2) is 9.97 Å². The number of aromatic nitrogens is 4. The van der Waals surface area contributed by atoms with E-state index in [4.69, 9.17) is 24.2 Å². The maximum absolute atomic E-state index is 11.0. The second-order valence-electron chi connectivity index (χ2n) is 9.25. The minimum Gasteiger partial charge on any atom is -0.492 e. The molecule has 0 radical (unpaired) electrons. The van der Waals surface area contributed by atoms with Gasteiger partial charge in [-0.1, -0.05) is 0 Å². The van der Waals surface area contributed by atoms with Crippen LogP contribution in [0.1, 0.15) is 26.7 Å². The van der Waals surface area contributed by atoms with Gasteiger partial charge in [-0.05, 0) is 26.7 Å². The molecule has 2 aromatic heterocycles. The Morgan fingerprint density at radius 2 is 1.38 bits per heavy atom. The van der Waals surface area contributed by atoms with E-state index < -0.39 is 0 Å². The van der Waals surface area contributed by atoms with E-state index in [0.717, 1.165) is 12.8 Å². The summed E-state index contributed by atoms with van der Waals surface area (Å²) in [4.78, 5) is 24.3. The summed E-state index contributed by atoms with van der Waals surface area (Å²) in [6, 6.07) is 0. The van der Waals surface area contributed by atoms with Crippen molar-refractivity contribution in [3.8, 4) is 5.88 Å². The Bertz CT molecular complexity index is 974. The second-order valence-corrected chi connectivity index (χ2v) is 9.25. The van der Waals surface area contributed by atoms with Crippen molar-refractivity contribution in [2.45, 2.75) is 45.0 Å². The summed E-state index contributed by atoms with van der Waals surface area (Å²) in [5, 5.41) is 30.0. The molecule has 0 spiro atoms. The predicted octanol–water partition coefficient (Wildman–Crippen LogP) is 0.408. The number of piperidine rings is 1. The molecule has 1 fully saturated rings. The fourth-order valence-electron chi connectivity index (χ4n) is 4.33. The number of hydrogen-bond acceptors (Lipinski definition) is 13. The van der Waals surface area contributed by atoms with E-state index in [1.54, 1.807) is 26.2 Å². The molecule has 208 valence electrons. The molecular weight excluding hydrogens is 482 g/mol. The number of aliphatic hydroxyl groups is 2. The van der Waals surface area contributed by atoms with E-state index in [-0.39, 0.29) is 62.0 Å². The lowest BCUT2D eigenvalue weighted by Crippen LogP contribution is -2.40. The van der Waals surface area contributed by atoms with Gasteiger partial charge in [0.05, 0.1) is 31.5 Å². The third-order valence-corrected chi connectivity index (χ3v) is 6.62. The lowest BCUT2D eigenvalue weighted by atomic mass is 10.1. The molecule has 0 aromatic carbocycles. The molecule has 1 aliphatic heterocycles. The SMILES string of the molecule is COC(C)CN(CC(C)OC)c1nc(N2CCC(OC)CC2)c2nc(N(CCO)CCO)nc(O)c2n1. The maximum Gasteiger partial charge on any atom is 0.243 e. The van der Waals surface area contributed by atoms with Crippen LogP contribution < -0.4 is 14.7 Å². The van der Waals surface area contributed by atoms with Gasteiger partial charge in [0.25, 0.3) is 0 Å². The number of aliphatic hydroxyl groups excluding tert-OH is 2. The van der Waals surface area contributed by atoms with Gasteiger partial charge in [0, 0.05) is 60.6 Å². The molecule has 2 unspecified atom stereocenters. The van der Waals surface area contributed by atoms with Gasteiger partial charge in [-0.2, -0.15) is 9.97 Å². The van der Waals surface area contributed by atoms with Gasteiger partial charge in [-0.3, -0.25) is 0 Å². The molecular formula is C24H41N7O6. The Balaban J connectivity index is 2.16. The number of ether oxygens (including phenoxy) is 3. The molecule has 1 saturated heterocycles. The summed E-state index contributed by atoms with van der Waals surface area (Å²) in [6.07, 6.45) is 1.64. The van der Waals surface area contributed by atoms with Gasteiger partial charge in [0.2, 0.25) is 17.8 Å². The van der Waals surface area contributed by atoms with Crippen LogP contribution in [0, 0.1) is 0 Å². The van der Waals surface area contributed by atoms with E-state index in [9.17, 15) is 15.3 Å². The number of fused-ring (bicyclic) bond motifs is 1. The van der Waals surface area contributed by atoms with Crippen molar-refractivity contribution < 1.29 is 29.5 Å². The molecule has 0 aliphatic carbocycles. The van der Waals surface area contributed by atoms with E-state index in [2.05, 4.69) is 14.9 Å². The number of hydrogen-bond donors (Lipinski definition) is 3. The third kappa shape index (κ3) is 7.26. The summed E-state index contributed by atoms with van der Waals surface area (Å²) in [7, 11) is 5.03. The van der Waals surface area contributed by atoms with Crippen LogP contribution in [0.5, 0.6) is 5.88 Å². The highest BCUT2D eigenvalue weighted by molar-refractivity contribution is 5.91. The molecule has 3 heterocycles. The average molecular weight is 524 g/mol. The van der Waals surface area contributed by atoms with Crippen molar-refractivity contribution in [1.29, 1.82) is 0 Å². The minimum atomic E-state index is -0.294. The molecule has 0 amide bonds. The number of anilines is 3. The standard InChI is InChI=1S/C24H41N7O6/c1-16(35-3)14-31(15-17(2)36-4)23-26-20-19(21(27-23)29-8-6-18(37-5)7-9-29)25-24(28-22(20)34)30(10-12-32)11-13-33/h16-18,32-33H,6-15H2,1-5H3,(H,25,28,34). The summed E-state index contributed by atoms with van der Waals surface area (Å²) in [5.41, 5.74) is 0.633. The zero-order chi connectivity index (χ0) is 26.9. The van der Waals surface area contributed by atoms with Crippen LogP contribution in [0.15, 0.2) is 0 Å². The highest BCUT2D eigenvalue weighted by atomic mass is 16.5. The van der Waals surface area contributed by atoms with Crippen LogP contribution >= 0.6 is 0 Å². The summed E-state index contributed by atoms with van der Waals surface area (Å²) in [6.45, 7) is 6.46. The van der Waals surface area contributed by atoms with Crippen LogP contribution in [0.2, 0.25) is 0 Å². The van der Waals surface area contributed by atoms with E-state index in [1.807, 2.05) is 18.7 Å². The Labute approximate surface area is 218 Å². The molecule has 0 bridgehead atoms. The first-order valence-corrected chi connectivity index (χ1v) is 12.7. The van der Waals surface area contributed by atoms with Gasteiger partial charge < -0.3 is 44.2 Å². The predicted molar refractivity (Wildman–Crippen MR) is 141 cm³/mol. The lowest BCUT2D eigenvalue weighted by Gasteiger charge is -2.34. The Kier molecular flexibility index (Phi) is 10.8. The van der Waals surface area contributed by atoms with Gasteiger partial charge in [0.15, 0.2) is 11.3 Å². The first-order chi connectivity index (χ1) is 17.8. The Hall–Kier alpha value is -2.58. The van der Waals surface area contributed by atoms with Crippen LogP contribution in [-0.2, 0) is 14.2 Å². The highest BCUT2D eigenvalue weighted by Gasteiger charge is 2.27. The number of nitrogens with zero attached hydrogens (tertiary/aromatic N) is 7. The quantitative estimate of drug-likeness (QED) is 0.314. The van der Waals surface area contributed by atoms with Crippen LogP contribution in [0.4, 0.5) is 17.7 Å². The molecule has 0 saturated carbocycles. The maximum atomic E-state index is 11.0. The van der Waals surface area contributed by atoms with Crippen molar-refractivity contribution in [3.63, 3.8) is 0 Å². The second kappa shape index (κ2) is 13.8. The molecule has 13 heteroatoms. The van der Waals surface area contributed by atoms with Crippen LogP contribution in [-0.4, -0.2) is 127 Å². The van der Waals surface area contributed by atoms with Gasteiger partial charge in [-0.15, -0.1) is 0 Å².